The van der Waals surface area contributed by atoms with E-state index in [1.165, 1.54) is 10.9 Å². The van der Waals surface area contributed by atoms with Crippen molar-refractivity contribution in [2.75, 3.05) is 6.61 Å². The summed E-state index contributed by atoms with van der Waals surface area (Å²) in [5.74, 6) is 0. The molecule has 143 valence electrons. The minimum atomic E-state index is -4.74. The number of aliphatic hydroxyl groups is 2. The summed E-state index contributed by atoms with van der Waals surface area (Å²) in [6.07, 6.45) is -2.85. The van der Waals surface area contributed by atoms with E-state index in [1.807, 2.05) is 0 Å². The SMILES string of the molecule is C.C.O=c1[nH]cnc2c1ncn2[C@@H]1O[C@H](COP(=O)(O)O)C(O)[C@@H]1O.[Na]. The van der Waals surface area contributed by atoms with Gasteiger partial charge in [-0.25, -0.2) is 14.5 Å². The van der Waals surface area contributed by atoms with Crippen molar-refractivity contribution in [3.05, 3.63) is 23.0 Å². The molecule has 1 radical (unpaired) electrons. The number of aliphatic hydroxyl groups excluding tert-OH is 2. The van der Waals surface area contributed by atoms with Crippen molar-refractivity contribution < 1.29 is 33.8 Å². The molecule has 26 heavy (non-hydrogen) atoms. The molecule has 4 atom stereocenters. The molecule has 14 heteroatoms. The minimum absolute atomic E-state index is 0. The molecule has 2 aromatic rings. The van der Waals surface area contributed by atoms with Crippen LogP contribution in [0.4, 0.5) is 0 Å². The second-order valence-electron chi connectivity index (χ2n) is 4.89. The monoisotopic (exact) mass is 403 g/mol. The Morgan fingerprint density at radius 2 is 1.92 bits per heavy atom. The van der Waals surface area contributed by atoms with Crippen LogP contribution in [0.3, 0.4) is 0 Å². The summed E-state index contributed by atoms with van der Waals surface area (Å²) in [5, 5.41) is 20.0. The van der Waals surface area contributed by atoms with Gasteiger partial charge in [-0.15, -0.1) is 0 Å². The van der Waals surface area contributed by atoms with Gasteiger partial charge in [0.25, 0.3) is 5.56 Å². The third-order valence-electron chi connectivity index (χ3n) is 3.38. The number of phosphoric acid groups is 1. The second kappa shape index (κ2) is 9.51. The maximum Gasteiger partial charge on any atom is 0.469 e. The van der Waals surface area contributed by atoms with Crippen LogP contribution in [0.2, 0.25) is 0 Å². The number of imidazole rings is 1. The number of aromatic nitrogens is 4. The Kier molecular flexibility index (Phi) is 9.27. The molecule has 1 unspecified atom stereocenters. The van der Waals surface area contributed by atoms with Crippen LogP contribution in [-0.4, -0.2) is 94.0 Å². The van der Waals surface area contributed by atoms with Crippen molar-refractivity contribution in [2.45, 2.75) is 39.4 Å². The summed E-state index contributed by atoms with van der Waals surface area (Å²) in [6.45, 7) is -0.625. The van der Waals surface area contributed by atoms with Crippen LogP contribution in [-0.2, 0) is 13.8 Å². The first-order chi connectivity index (χ1) is 10.8. The van der Waals surface area contributed by atoms with Crippen LogP contribution in [0.1, 0.15) is 21.1 Å². The number of phosphoric ester groups is 1. The van der Waals surface area contributed by atoms with Gasteiger partial charge in [-0.05, 0) is 0 Å². The van der Waals surface area contributed by atoms with Crippen LogP contribution in [0, 0.1) is 0 Å². The summed E-state index contributed by atoms with van der Waals surface area (Å²) in [5.41, 5.74) is -0.336. The van der Waals surface area contributed by atoms with E-state index in [-0.39, 0.29) is 55.6 Å². The van der Waals surface area contributed by atoms with E-state index in [9.17, 15) is 19.6 Å². The number of ether oxygens (including phenoxy) is 1. The molecule has 1 fully saturated rings. The van der Waals surface area contributed by atoms with Crippen molar-refractivity contribution in [3.8, 4) is 0 Å². The largest absolute Gasteiger partial charge is 0.469 e. The van der Waals surface area contributed by atoms with Crippen LogP contribution < -0.4 is 5.56 Å². The zero-order valence-corrected chi connectivity index (χ0v) is 15.3. The Balaban J connectivity index is 0.00000208. The molecule has 3 heterocycles. The van der Waals surface area contributed by atoms with Crippen LogP contribution in [0.15, 0.2) is 17.4 Å². The number of nitrogens with zero attached hydrogens (tertiary/aromatic N) is 3. The molecule has 1 aliphatic rings. The molecule has 0 aliphatic carbocycles. The van der Waals surface area contributed by atoms with Gasteiger partial charge in [0, 0.05) is 29.6 Å². The number of rotatable bonds is 4. The van der Waals surface area contributed by atoms with Crippen LogP contribution >= 0.6 is 7.82 Å². The Morgan fingerprint density at radius 1 is 1.27 bits per heavy atom. The average Bonchev–Trinajstić information content (AvgIpc) is 3.01. The van der Waals surface area contributed by atoms with Gasteiger partial charge >= 0.3 is 7.82 Å². The number of hydrogen-bond acceptors (Lipinski definition) is 8. The van der Waals surface area contributed by atoms with Crippen LogP contribution in [0.25, 0.3) is 11.2 Å². The van der Waals surface area contributed by atoms with Crippen molar-refractivity contribution in [2.24, 2.45) is 0 Å². The van der Waals surface area contributed by atoms with E-state index in [0.29, 0.717) is 0 Å². The maximum atomic E-state index is 11.6. The number of hydrogen-bond donors (Lipinski definition) is 5. The molecule has 1 aliphatic heterocycles. The smallest absolute Gasteiger partial charge is 0.387 e. The molecular formula is C12H21N4NaO8P. The Labute approximate surface area is 170 Å². The minimum Gasteiger partial charge on any atom is -0.387 e. The third-order valence-corrected chi connectivity index (χ3v) is 3.87. The summed E-state index contributed by atoms with van der Waals surface area (Å²) in [6, 6.07) is 0. The first kappa shape index (κ1) is 25.3. The number of aromatic amines is 1. The van der Waals surface area contributed by atoms with E-state index in [0.717, 1.165) is 6.33 Å². The van der Waals surface area contributed by atoms with Crippen molar-refractivity contribution >= 4 is 48.5 Å². The summed E-state index contributed by atoms with van der Waals surface area (Å²) < 4.78 is 21.6. The van der Waals surface area contributed by atoms with Crippen molar-refractivity contribution in [1.29, 1.82) is 0 Å². The van der Waals surface area contributed by atoms with Gasteiger partial charge in [0.2, 0.25) is 0 Å². The first-order valence-electron chi connectivity index (χ1n) is 6.40. The van der Waals surface area contributed by atoms with Gasteiger partial charge < -0.3 is 29.7 Å². The van der Waals surface area contributed by atoms with Gasteiger partial charge in [-0.3, -0.25) is 13.9 Å². The molecule has 0 saturated carbocycles. The molecule has 1 saturated heterocycles. The van der Waals surface area contributed by atoms with E-state index in [4.69, 9.17) is 14.5 Å². The van der Waals surface area contributed by atoms with Crippen molar-refractivity contribution in [1.82, 2.24) is 19.5 Å². The van der Waals surface area contributed by atoms with Gasteiger partial charge in [-0.2, -0.15) is 0 Å². The molecule has 0 bridgehead atoms. The zero-order valence-electron chi connectivity index (χ0n) is 12.4. The second-order valence-corrected chi connectivity index (χ2v) is 6.13. The van der Waals surface area contributed by atoms with Gasteiger partial charge in [0.05, 0.1) is 19.3 Å². The van der Waals surface area contributed by atoms with E-state index >= 15 is 0 Å². The van der Waals surface area contributed by atoms with Gasteiger partial charge in [0.15, 0.2) is 17.4 Å². The van der Waals surface area contributed by atoms with Crippen molar-refractivity contribution in [3.63, 3.8) is 0 Å². The number of fused-ring (bicyclic) bond motifs is 1. The molecule has 0 amide bonds. The fourth-order valence-corrected chi connectivity index (χ4v) is 2.66. The predicted octanol–water partition coefficient (Wildman–Crippen LogP) is -1.26. The normalized spacial score (nSPS) is 25.2. The quantitative estimate of drug-likeness (QED) is 0.305. The predicted molar refractivity (Wildman–Crippen MR) is 91.3 cm³/mol. The fourth-order valence-electron chi connectivity index (χ4n) is 2.32. The first-order valence-corrected chi connectivity index (χ1v) is 7.93. The van der Waals surface area contributed by atoms with E-state index in [2.05, 4.69) is 19.5 Å². The average molecular weight is 403 g/mol. The fraction of sp³-hybridized carbons (Fsp3) is 0.583. The summed E-state index contributed by atoms with van der Waals surface area (Å²) in [4.78, 5) is 39.1. The zero-order chi connectivity index (χ0) is 16.8. The Hall–Kier alpha value is -0.660. The maximum absolute atomic E-state index is 11.6. The summed E-state index contributed by atoms with van der Waals surface area (Å²) >= 11 is 0. The van der Waals surface area contributed by atoms with Gasteiger partial charge in [0.1, 0.15) is 18.3 Å². The molecule has 3 rings (SSSR count). The Morgan fingerprint density at radius 3 is 2.54 bits per heavy atom. The third kappa shape index (κ3) is 4.98. The molecular weight excluding hydrogens is 382 g/mol. The summed E-state index contributed by atoms with van der Waals surface area (Å²) in [7, 11) is -4.74. The molecule has 0 aromatic carbocycles. The molecule has 0 spiro atoms. The number of nitrogens with one attached hydrogen (secondary N) is 1. The van der Waals surface area contributed by atoms with E-state index < -0.39 is 44.5 Å². The Bertz CT molecular complexity index is 823. The van der Waals surface area contributed by atoms with Crippen LogP contribution in [0.5, 0.6) is 0 Å². The molecule has 5 N–H and O–H groups in total. The number of H-pyrrole nitrogens is 1. The molecule has 2 aromatic heterocycles. The van der Waals surface area contributed by atoms with Gasteiger partial charge in [-0.1, -0.05) is 14.9 Å². The topological polar surface area (TPSA) is 180 Å². The molecule has 12 nitrogen and oxygen atoms in total. The van der Waals surface area contributed by atoms with E-state index in [1.54, 1.807) is 0 Å². The standard InChI is InChI=1S/C10H13N4O8P.2CH4.Na/c15-6-4(1-21-23(18,19)20)22-10(7(6)16)14-3-13-5-8(14)11-2-12-9(5)17;;;/h2-4,6-7,10,15-16H,1H2,(H,11,12,17)(H2,18,19,20);2*1H4;/t4-,6?,7+,10-;;;/m1.../s1.